The molecule has 0 atom stereocenters. The Morgan fingerprint density at radius 3 is 2.64 bits per heavy atom. The Bertz CT molecular complexity index is 524. The molecule has 1 aromatic rings. The highest BCUT2D eigenvalue weighted by atomic mass is 32.1. The third-order valence-corrected chi connectivity index (χ3v) is 3.57. The van der Waals surface area contributed by atoms with E-state index < -0.39 is 17.5 Å². The van der Waals surface area contributed by atoms with Gasteiger partial charge in [-0.25, -0.2) is 13.2 Å². The molecule has 4 nitrogen and oxygen atoms in total. The molecule has 0 spiro atoms. The summed E-state index contributed by atoms with van der Waals surface area (Å²) in [7, 11) is 0. The van der Waals surface area contributed by atoms with Crippen molar-refractivity contribution in [3.63, 3.8) is 0 Å². The van der Waals surface area contributed by atoms with Gasteiger partial charge in [0.05, 0.1) is 18.9 Å². The lowest BCUT2D eigenvalue weighted by Gasteiger charge is -2.26. The molecule has 8 heteroatoms. The van der Waals surface area contributed by atoms with Crippen LogP contribution in [0.5, 0.6) is 0 Å². The highest BCUT2D eigenvalue weighted by Crippen LogP contribution is 2.19. The first-order chi connectivity index (χ1) is 10.6. The predicted molar refractivity (Wildman–Crippen MR) is 82.4 cm³/mol. The second-order valence-electron chi connectivity index (χ2n) is 4.91. The smallest absolute Gasteiger partial charge is 0.196 e. The Kier molecular flexibility index (Phi) is 6.41. The van der Waals surface area contributed by atoms with Crippen LogP contribution in [0.2, 0.25) is 0 Å². The zero-order valence-corrected chi connectivity index (χ0v) is 12.8. The van der Waals surface area contributed by atoms with Crippen LogP contribution in [0, 0.1) is 17.5 Å². The van der Waals surface area contributed by atoms with Gasteiger partial charge < -0.3 is 15.4 Å². The Morgan fingerprint density at radius 1 is 1.18 bits per heavy atom. The highest BCUT2D eigenvalue weighted by Gasteiger charge is 2.14. The maximum Gasteiger partial charge on any atom is 0.196 e. The van der Waals surface area contributed by atoms with Gasteiger partial charge in [-0.05, 0) is 37.3 Å². The second-order valence-corrected chi connectivity index (χ2v) is 5.32. The minimum Gasteiger partial charge on any atom is -0.379 e. The summed E-state index contributed by atoms with van der Waals surface area (Å²) in [6.07, 6.45) is 0.863. The fourth-order valence-electron chi connectivity index (χ4n) is 2.12. The quantitative estimate of drug-likeness (QED) is 0.490. The lowest BCUT2D eigenvalue weighted by atomic mass is 10.3. The standard InChI is InChI=1S/C14H18F3N3OS/c15-10-2-3-11(13(17)12(10)16)19-14(22)18-4-1-5-20-6-8-21-9-7-20/h2-3H,1,4-9H2,(H2,18,19,22). The van der Waals surface area contributed by atoms with Crippen molar-refractivity contribution in [2.45, 2.75) is 6.42 Å². The first-order valence-electron chi connectivity index (χ1n) is 7.06. The van der Waals surface area contributed by atoms with Crippen molar-refractivity contribution in [3.8, 4) is 0 Å². The van der Waals surface area contributed by atoms with Gasteiger partial charge in [0.25, 0.3) is 0 Å². The average molecular weight is 333 g/mol. The maximum atomic E-state index is 13.5. The molecule has 2 rings (SSSR count). The van der Waals surface area contributed by atoms with Gasteiger partial charge in [0.1, 0.15) is 0 Å². The summed E-state index contributed by atoms with van der Waals surface area (Å²) in [5.41, 5.74) is -0.190. The summed E-state index contributed by atoms with van der Waals surface area (Å²) in [4.78, 5) is 2.29. The first-order valence-corrected chi connectivity index (χ1v) is 7.47. The lowest BCUT2D eigenvalue weighted by Crippen LogP contribution is -2.38. The molecule has 1 fully saturated rings. The van der Waals surface area contributed by atoms with E-state index in [9.17, 15) is 13.2 Å². The van der Waals surface area contributed by atoms with Crippen LogP contribution in [-0.2, 0) is 4.74 Å². The number of benzene rings is 1. The first kappa shape index (κ1) is 17.0. The fraction of sp³-hybridized carbons (Fsp3) is 0.500. The van der Waals surface area contributed by atoms with Crippen molar-refractivity contribution in [3.05, 3.63) is 29.6 Å². The predicted octanol–water partition coefficient (Wildman–Crippen LogP) is 2.11. The number of anilines is 1. The van der Waals surface area contributed by atoms with E-state index in [1.807, 2.05) is 0 Å². The van der Waals surface area contributed by atoms with E-state index in [1.165, 1.54) is 0 Å². The molecule has 2 N–H and O–H groups in total. The van der Waals surface area contributed by atoms with Crippen molar-refractivity contribution in [1.82, 2.24) is 10.2 Å². The number of morpholine rings is 1. The SMILES string of the molecule is Fc1ccc(NC(=S)NCCCN2CCOCC2)c(F)c1F. The van der Waals surface area contributed by atoms with Crippen LogP contribution in [0.3, 0.4) is 0 Å². The Balaban J connectivity index is 1.70. The largest absolute Gasteiger partial charge is 0.379 e. The molecule has 1 saturated heterocycles. The molecule has 1 aliphatic rings. The summed E-state index contributed by atoms with van der Waals surface area (Å²) in [6.45, 7) is 4.87. The van der Waals surface area contributed by atoms with Gasteiger partial charge in [-0.2, -0.15) is 0 Å². The maximum absolute atomic E-state index is 13.5. The van der Waals surface area contributed by atoms with Crippen LogP contribution in [0.4, 0.5) is 18.9 Å². The van der Waals surface area contributed by atoms with Crippen LogP contribution in [0.25, 0.3) is 0 Å². The van der Waals surface area contributed by atoms with Crippen molar-refractivity contribution < 1.29 is 17.9 Å². The zero-order valence-electron chi connectivity index (χ0n) is 12.0. The summed E-state index contributed by atoms with van der Waals surface area (Å²) in [5.74, 6) is -4.02. The Morgan fingerprint density at radius 2 is 1.91 bits per heavy atom. The van der Waals surface area contributed by atoms with Crippen molar-refractivity contribution in [1.29, 1.82) is 0 Å². The molecular formula is C14H18F3N3OS. The molecule has 0 amide bonds. The van der Waals surface area contributed by atoms with E-state index in [-0.39, 0.29) is 10.8 Å². The molecule has 0 radical (unpaired) electrons. The van der Waals surface area contributed by atoms with E-state index in [0.717, 1.165) is 51.4 Å². The van der Waals surface area contributed by atoms with Crippen molar-refractivity contribution in [2.75, 3.05) is 44.7 Å². The Hall–Kier alpha value is -1.38. The van der Waals surface area contributed by atoms with Gasteiger partial charge in [-0.15, -0.1) is 0 Å². The van der Waals surface area contributed by atoms with Gasteiger partial charge in [-0.3, -0.25) is 4.90 Å². The van der Waals surface area contributed by atoms with E-state index >= 15 is 0 Å². The highest BCUT2D eigenvalue weighted by molar-refractivity contribution is 7.80. The topological polar surface area (TPSA) is 36.5 Å². The molecule has 122 valence electrons. The van der Waals surface area contributed by atoms with Crippen molar-refractivity contribution in [2.24, 2.45) is 0 Å². The molecule has 0 unspecified atom stereocenters. The third kappa shape index (κ3) is 4.82. The third-order valence-electron chi connectivity index (χ3n) is 3.32. The van der Waals surface area contributed by atoms with Crippen molar-refractivity contribution >= 4 is 23.0 Å². The van der Waals surface area contributed by atoms with E-state index in [1.54, 1.807) is 0 Å². The molecular weight excluding hydrogens is 315 g/mol. The molecule has 0 bridgehead atoms. The summed E-state index contributed by atoms with van der Waals surface area (Å²) in [6, 6.07) is 1.96. The Labute approximate surface area is 132 Å². The summed E-state index contributed by atoms with van der Waals surface area (Å²) in [5, 5.41) is 5.61. The fourth-order valence-corrected chi connectivity index (χ4v) is 2.33. The second kappa shape index (κ2) is 8.30. The van der Waals surface area contributed by atoms with E-state index in [2.05, 4.69) is 15.5 Å². The molecule has 22 heavy (non-hydrogen) atoms. The van der Waals surface area contributed by atoms with E-state index in [4.69, 9.17) is 17.0 Å². The summed E-state index contributed by atoms with van der Waals surface area (Å²) < 4.78 is 44.6. The molecule has 0 aromatic heterocycles. The number of rotatable bonds is 5. The number of ether oxygens (including phenoxy) is 1. The minimum atomic E-state index is -1.51. The van der Waals surface area contributed by atoms with Gasteiger partial charge in [0.15, 0.2) is 22.6 Å². The normalized spacial score (nSPS) is 15.6. The van der Waals surface area contributed by atoms with Crippen LogP contribution in [-0.4, -0.2) is 49.4 Å². The van der Waals surface area contributed by atoms with E-state index in [0.29, 0.717) is 6.54 Å². The zero-order chi connectivity index (χ0) is 15.9. The number of nitrogens with zero attached hydrogens (tertiary/aromatic N) is 1. The van der Waals surface area contributed by atoms with Gasteiger partial charge in [0, 0.05) is 19.6 Å². The monoisotopic (exact) mass is 333 g/mol. The number of halogens is 3. The molecule has 1 aliphatic heterocycles. The van der Waals surface area contributed by atoms with Gasteiger partial charge in [-0.1, -0.05) is 0 Å². The average Bonchev–Trinajstić information content (AvgIpc) is 2.53. The van der Waals surface area contributed by atoms with Crippen LogP contribution in [0.15, 0.2) is 12.1 Å². The van der Waals surface area contributed by atoms with Gasteiger partial charge >= 0.3 is 0 Å². The van der Waals surface area contributed by atoms with Crippen LogP contribution in [0.1, 0.15) is 6.42 Å². The number of thiocarbonyl (C=S) groups is 1. The van der Waals surface area contributed by atoms with Gasteiger partial charge in [0.2, 0.25) is 0 Å². The molecule has 1 aromatic carbocycles. The number of hydrogen-bond acceptors (Lipinski definition) is 3. The number of nitrogens with one attached hydrogen (secondary N) is 2. The minimum absolute atomic E-state index is 0.173. The number of hydrogen-bond donors (Lipinski definition) is 2. The molecule has 0 saturated carbocycles. The lowest BCUT2D eigenvalue weighted by molar-refractivity contribution is 0.0376. The summed E-state index contributed by atoms with van der Waals surface area (Å²) >= 11 is 5.00. The molecule has 0 aliphatic carbocycles. The van der Waals surface area contributed by atoms with Crippen LogP contribution < -0.4 is 10.6 Å². The van der Waals surface area contributed by atoms with Crippen LogP contribution >= 0.6 is 12.2 Å². The molecule has 1 heterocycles.